The number of carbonyl (C=O) groups excluding carboxylic acids is 1. The van der Waals surface area contributed by atoms with Crippen LogP contribution in [0.2, 0.25) is 0 Å². The second kappa shape index (κ2) is 4.31. The smallest absolute Gasteiger partial charge is 0.235 e. The molecule has 0 bridgehead atoms. The van der Waals surface area contributed by atoms with Crippen molar-refractivity contribution in [2.75, 3.05) is 0 Å². The molecule has 78 valence electrons. The largest absolute Gasteiger partial charge is 0.279 e. The summed E-state index contributed by atoms with van der Waals surface area (Å²) in [6, 6.07) is 7.66. The lowest BCUT2D eigenvalue weighted by atomic mass is 9.86. The van der Waals surface area contributed by atoms with Gasteiger partial charge in [-0.3, -0.25) is 4.79 Å². The van der Waals surface area contributed by atoms with Crippen LogP contribution in [0.1, 0.15) is 43.6 Å². The molecule has 0 saturated heterocycles. The van der Waals surface area contributed by atoms with E-state index in [1.54, 1.807) is 6.92 Å². The Balaban J connectivity index is 2.99. The van der Waals surface area contributed by atoms with Gasteiger partial charge in [0.25, 0.3) is 0 Å². The molecule has 0 aliphatic carbocycles. The molecule has 0 atom stereocenters. The summed E-state index contributed by atoms with van der Waals surface area (Å²) in [7, 11) is 0. The zero-order chi connectivity index (χ0) is 11.5. The van der Waals surface area contributed by atoms with Gasteiger partial charge in [0.2, 0.25) is 5.78 Å². The van der Waals surface area contributed by atoms with E-state index >= 15 is 0 Å². The third-order valence-electron chi connectivity index (χ3n) is 2.25. The number of Topliss-reactive ketones (excluding diaryl/α,β-unsaturated/α-hetero) is 1. The van der Waals surface area contributed by atoms with Gasteiger partial charge in [-0.2, -0.15) is 0 Å². The van der Waals surface area contributed by atoms with Gasteiger partial charge in [-0.05, 0) is 23.8 Å². The van der Waals surface area contributed by atoms with E-state index in [1.165, 1.54) is 5.56 Å². The molecule has 1 nitrogen and oxygen atoms in total. The average Bonchev–Trinajstić information content (AvgIpc) is 2.17. The zero-order valence-electron chi connectivity index (χ0n) is 9.72. The molecule has 1 rings (SSSR count). The minimum Gasteiger partial charge on any atom is -0.279 e. The van der Waals surface area contributed by atoms with Crippen LogP contribution in [0.3, 0.4) is 0 Å². The average molecular weight is 200 g/mol. The van der Waals surface area contributed by atoms with Crippen molar-refractivity contribution < 1.29 is 4.79 Å². The first-order valence-corrected chi connectivity index (χ1v) is 5.03. The lowest BCUT2D eigenvalue weighted by molar-refractivity contribution is 0.105. The van der Waals surface area contributed by atoms with Crippen LogP contribution >= 0.6 is 0 Å². The van der Waals surface area contributed by atoms with Crippen LogP contribution in [-0.4, -0.2) is 5.78 Å². The molecule has 0 fully saturated rings. The standard InChI is InChI=1S/C14H16O/c1-5-6-13(15)11-7-9-12(10-8-11)14(2,3)4/h7-10H,1-4H3. The topological polar surface area (TPSA) is 17.1 Å². The fraction of sp³-hybridized carbons (Fsp3) is 0.357. The predicted molar refractivity (Wildman–Crippen MR) is 62.9 cm³/mol. The van der Waals surface area contributed by atoms with Gasteiger partial charge in [0, 0.05) is 5.56 Å². The molecule has 0 spiro atoms. The summed E-state index contributed by atoms with van der Waals surface area (Å²) in [5.41, 5.74) is 2.01. The van der Waals surface area contributed by atoms with E-state index in [0.717, 1.165) is 0 Å². The maximum absolute atomic E-state index is 11.4. The highest BCUT2D eigenvalue weighted by molar-refractivity contribution is 6.08. The molecule has 1 aromatic rings. The van der Waals surface area contributed by atoms with Crippen LogP contribution in [-0.2, 0) is 5.41 Å². The van der Waals surface area contributed by atoms with E-state index in [0.29, 0.717) is 5.56 Å². The molecule has 0 heterocycles. The molecule has 0 N–H and O–H groups in total. The lowest BCUT2D eigenvalue weighted by Gasteiger charge is -2.18. The number of carbonyl (C=O) groups is 1. The third-order valence-corrected chi connectivity index (χ3v) is 2.25. The van der Waals surface area contributed by atoms with Crippen molar-refractivity contribution in [3.05, 3.63) is 35.4 Å². The Morgan fingerprint density at radius 1 is 1.13 bits per heavy atom. The molecule has 0 saturated carbocycles. The molecule has 0 amide bonds. The van der Waals surface area contributed by atoms with E-state index in [4.69, 9.17) is 0 Å². The highest BCUT2D eigenvalue weighted by Gasteiger charge is 2.13. The molecule has 0 aliphatic heterocycles. The Morgan fingerprint density at radius 2 is 1.67 bits per heavy atom. The summed E-state index contributed by atoms with van der Waals surface area (Å²) in [6.07, 6.45) is 0. The Hall–Kier alpha value is -1.55. The zero-order valence-corrected chi connectivity index (χ0v) is 9.72. The molecule has 1 aromatic carbocycles. The van der Waals surface area contributed by atoms with Crippen molar-refractivity contribution in [2.45, 2.75) is 33.1 Å². The summed E-state index contributed by atoms with van der Waals surface area (Å²) in [4.78, 5) is 11.4. The van der Waals surface area contributed by atoms with Crippen LogP contribution in [0.25, 0.3) is 0 Å². The van der Waals surface area contributed by atoms with Crippen LogP contribution in [0.4, 0.5) is 0 Å². The summed E-state index contributed by atoms with van der Waals surface area (Å²) in [5.74, 6) is 5.03. The van der Waals surface area contributed by atoms with Crippen molar-refractivity contribution in [1.82, 2.24) is 0 Å². The van der Waals surface area contributed by atoms with Crippen molar-refractivity contribution in [2.24, 2.45) is 0 Å². The first-order chi connectivity index (χ1) is 6.95. The van der Waals surface area contributed by atoms with Gasteiger partial charge >= 0.3 is 0 Å². The minimum absolute atomic E-state index is 0.113. The van der Waals surface area contributed by atoms with Gasteiger partial charge in [0.05, 0.1) is 0 Å². The fourth-order valence-electron chi connectivity index (χ4n) is 1.31. The molecule has 1 heteroatoms. The van der Waals surface area contributed by atoms with Gasteiger partial charge in [-0.15, -0.1) is 0 Å². The van der Waals surface area contributed by atoms with E-state index in [2.05, 4.69) is 32.6 Å². The highest BCUT2D eigenvalue weighted by Crippen LogP contribution is 2.22. The summed E-state index contributed by atoms with van der Waals surface area (Å²) in [6.45, 7) is 8.11. The van der Waals surface area contributed by atoms with E-state index in [9.17, 15) is 4.79 Å². The Bertz CT molecular complexity index is 407. The maximum atomic E-state index is 11.4. The van der Waals surface area contributed by atoms with Gasteiger partial charge < -0.3 is 0 Å². The van der Waals surface area contributed by atoms with Crippen LogP contribution in [0.15, 0.2) is 24.3 Å². The molecule has 0 radical (unpaired) electrons. The SMILES string of the molecule is CC#CC(=O)c1ccc(C(C)(C)C)cc1. The van der Waals surface area contributed by atoms with E-state index in [1.807, 2.05) is 24.3 Å². The maximum Gasteiger partial charge on any atom is 0.235 e. The van der Waals surface area contributed by atoms with Crippen LogP contribution in [0, 0.1) is 11.8 Å². The van der Waals surface area contributed by atoms with Crippen molar-refractivity contribution in [3.8, 4) is 11.8 Å². The normalized spacial score (nSPS) is 10.4. The van der Waals surface area contributed by atoms with Crippen molar-refractivity contribution >= 4 is 5.78 Å². The molecule has 15 heavy (non-hydrogen) atoms. The first-order valence-electron chi connectivity index (χ1n) is 5.03. The number of benzene rings is 1. The first kappa shape index (κ1) is 11.5. The van der Waals surface area contributed by atoms with E-state index < -0.39 is 0 Å². The summed E-state index contributed by atoms with van der Waals surface area (Å²) in [5, 5.41) is 0. The van der Waals surface area contributed by atoms with Crippen molar-refractivity contribution in [1.29, 1.82) is 0 Å². The van der Waals surface area contributed by atoms with Crippen LogP contribution in [0.5, 0.6) is 0 Å². The molecule has 0 aromatic heterocycles. The van der Waals surface area contributed by atoms with E-state index in [-0.39, 0.29) is 11.2 Å². The quantitative estimate of drug-likeness (QED) is 0.386. The second-order valence-electron chi connectivity index (χ2n) is 4.53. The van der Waals surface area contributed by atoms with Gasteiger partial charge in [-0.1, -0.05) is 51.0 Å². The number of rotatable bonds is 1. The Labute approximate surface area is 91.5 Å². The van der Waals surface area contributed by atoms with Crippen LogP contribution < -0.4 is 0 Å². The number of hydrogen-bond donors (Lipinski definition) is 0. The monoisotopic (exact) mass is 200 g/mol. The van der Waals surface area contributed by atoms with Gasteiger partial charge in [0.15, 0.2) is 0 Å². The third kappa shape index (κ3) is 2.95. The molecule has 0 unspecified atom stereocenters. The minimum atomic E-state index is -0.113. The van der Waals surface area contributed by atoms with Crippen molar-refractivity contribution in [3.63, 3.8) is 0 Å². The summed E-state index contributed by atoms with van der Waals surface area (Å²) >= 11 is 0. The summed E-state index contributed by atoms with van der Waals surface area (Å²) < 4.78 is 0. The Morgan fingerprint density at radius 3 is 2.07 bits per heavy atom. The van der Waals surface area contributed by atoms with Gasteiger partial charge in [-0.25, -0.2) is 0 Å². The highest BCUT2D eigenvalue weighted by atomic mass is 16.1. The predicted octanol–water partition coefficient (Wildman–Crippen LogP) is 3.19. The molecular weight excluding hydrogens is 184 g/mol. The molecular formula is C14H16O. The fourth-order valence-corrected chi connectivity index (χ4v) is 1.31. The Kier molecular flexibility index (Phi) is 3.31. The number of hydrogen-bond acceptors (Lipinski definition) is 1. The van der Waals surface area contributed by atoms with Gasteiger partial charge in [0.1, 0.15) is 0 Å². The second-order valence-corrected chi connectivity index (χ2v) is 4.53. The number of ketones is 1. The molecule has 0 aliphatic rings. The lowest BCUT2D eigenvalue weighted by Crippen LogP contribution is -2.11.